The fraction of sp³-hybridized carbons (Fsp3) is 0.0323. The molecule has 0 amide bonds. The quantitative estimate of drug-likeness (QED) is 0.144. The molecule has 40 heavy (non-hydrogen) atoms. The second-order valence-electron chi connectivity index (χ2n) is 8.87. The maximum atomic E-state index is 12.0. The molecule has 0 atom stereocenters. The number of ether oxygens (including phenoxy) is 1. The number of benzene rings is 3. The number of aromatic amines is 2. The third-order valence-corrected chi connectivity index (χ3v) is 6.22. The highest BCUT2D eigenvalue weighted by Gasteiger charge is 2.17. The van der Waals surface area contributed by atoms with Crippen molar-refractivity contribution >= 4 is 41.0 Å². The van der Waals surface area contributed by atoms with Gasteiger partial charge in [-0.1, -0.05) is 54.6 Å². The molecule has 5 aromatic rings. The third kappa shape index (κ3) is 5.58. The zero-order chi connectivity index (χ0) is 28.2. The topological polar surface area (TPSA) is 145 Å². The summed E-state index contributed by atoms with van der Waals surface area (Å²) in [6.07, 6.45) is 5.19. The van der Waals surface area contributed by atoms with E-state index in [1.54, 1.807) is 12.1 Å². The van der Waals surface area contributed by atoms with Crippen LogP contribution in [0, 0.1) is 0 Å². The Balaban J connectivity index is 1.58. The lowest BCUT2D eigenvalue weighted by Gasteiger charge is -2.05. The molecular formula is C31H23N3O6. The largest absolute Gasteiger partial charge is 0.478 e. The number of carbonyl (C=O) groups excluding carboxylic acids is 1. The number of methoxy groups -OCH3 is 1. The molecule has 0 aliphatic carbocycles. The van der Waals surface area contributed by atoms with Gasteiger partial charge in [-0.2, -0.15) is 0 Å². The van der Waals surface area contributed by atoms with E-state index >= 15 is 0 Å². The lowest BCUT2D eigenvalue weighted by Crippen LogP contribution is -2.00. The van der Waals surface area contributed by atoms with Gasteiger partial charge in [0.1, 0.15) is 0 Å². The number of fused-ring (bicyclic) bond motifs is 1. The Morgan fingerprint density at radius 1 is 0.775 bits per heavy atom. The van der Waals surface area contributed by atoms with Crippen LogP contribution in [0.25, 0.3) is 57.1 Å². The lowest BCUT2D eigenvalue weighted by atomic mass is 10.0. The number of esters is 1. The third-order valence-electron chi connectivity index (χ3n) is 6.22. The number of hydrogen-bond donors (Lipinski definition) is 4. The molecule has 198 valence electrons. The van der Waals surface area contributed by atoms with Crippen molar-refractivity contribution in [2.24, 2.45) is 0 Å². The Morgan fingerprint density at radius 2 is 1.38 bits per heavy atom. The Labute approximate surface area is 228 Å². The van der Waals surface area contributed by atoms with E-state index < -0.39 is 17.9 Å². The highest BCUT2D eigenvalue weighted by molar-refractivity contribution is 5.96. The SMILES string of the molecule is COC(=O)c1ccc2cc(-c3nc(-c4ccc(C=CC(=O)O)cc4)c(-c4ccc(C=CC(=O)O)cc4)[nH]3)[nH]c2c1. The van der Waals surface area contributed by atoms with E-state index in [0.717, 1.165) is 51.0 Å². The van der Waals surface area contributed by atoms with Gasteiger partial charge in [0.2, 0.25) is 0 Å². The van der Waals surface area contributed by atoms with E-state index in [0.29, 0.717) is 22.8 Å². The summed E-state index contributed by atoms with van der Waals surface area (Å²) in [4.78, 5) is 45.3. The molecule has 0 bridgehead atoms. The van der Waals surface area contributed by atoms with Crippen LogP contribution < -0.4 is 0 Å². The van der Waals surface area contributed by atoms with Gasteiger partial charge < -0.3 is 24.9 Å². The predicted molar refractivity (Wildman–Crippen MR) is 151 cm³/mol. The Hall–Kier alpha value is -5.70. The predicted octanol–water partition coefficient (Wildman–Crippen LogP) is 5.87. The molecule has 2 aromatic heterocycles. The Bertz CT molecular complexity index is 1710. The smallest absolute Gasteiger partial charge is 0.337 e. The summed E-state index contributed by atoms with van der Waals surface area (Å²) in [6.45, 7) is 0. The average molecular weight is 534 g/mol. The molecule has 9 heteroatoms. The number of nitrogens with one attached hydrogen (secondary N) is 2. The van der Waals surface area contributed by atoms with Crippen molar-refractivity contribution in [3.63, 3.8) is 0 Å². The van der Waals surface area contributed by atoms with Crippen LogP contribution in [-0.4, -0.2) is 50.2 Å². The maximum absolute atomic E-state index is 12.0. The summed E-state index contributed by atoms with van der Waals surface area (Å²) in [5, 5.41) is 18.7. The summed E-state index contributed by atoms with van der Waals surface area (Å²) in [5.74, 6) is -1.90. The second kappa shape index (κ2) is 11.0. The summed E-state index contributed by atoms with van der Waals surface area (Å²) >= 11 is 0. The minimum Gasteiger partial charge on any atom is -0.478 e. The number of imidazole rings is 1. The van der Waals surface area contributed by atoms with E-state index in [1.165, 1.54) is 19.3 Å². The molecule has 2 heterocycles. The van der Waals surface area contributed by atoms with Crippen molar-refractivity contribution in [1.29, 1.82) is 0 Å². The molecule has 0 aliphatic heterocycles. The van der Waals surface area contributed by atoms with E-state index in [1.807, 2.05) is 60.7 Å². The van der Waals surface area contributed by atoms with Gasteiger partial charge in [0.05, 0.1) is 29.8 Å². The van der Waals surface area contributed by atoms with Crippen LogP contribution in [-0.2, 0) is 14.3 Å². The summed E-state index contributed by atoms with van der Waals surface area (Å²) in [5.41, 5.74) is 6.42. The zero-order valence-electron chi connectivity index (χ0n) is 21.2. The van der Waals surface area contributed by atoms with Crippen LogP contribution in [0.2, 0.25) is 0 Å². The van der Waals surface area contributed by atoms with Crippen molar-refractivity contribution < 1.29 is 29.3 Å². The van der Waals surface area contributed by atoms with Crippen LogP contribution >= 0.6 is 0 Å². The summed E-state index contributed by atoms with van der Waals surface area (Å²) < 4.78 is 4.83. The molecule has 0 saturated heterocycles. The number of hydrogen-bond acceptors (Lipinski definition) is 5. The molecule has 0 saturated carbocycles. The number of aliphatic carboxylic acids is 2. The van der Waals surface area contributed by atoms with E-state index in [-0.39, 0.29) is 0 Å². The number of carbonyl (C=O) groups is 3. The van der Waals surface area contributed by atoms with Crippen molar-refractivity contribution in [1.82, 2.24) is 15.0 Å². The number of carboxylic acids is 2. The highest BCUT2D eigenvalue weighted by atomic mass is 16.5. The maximum Gasteiger partial charge on any atom is 0.337 e. The van der Waals surface area contributed by atoms with Gasteiger partial charge in [0, 0.05) is 34.2 Å². The number of H-pyrrole nitrogens is 2. The van der Waals surface area contributed by atoms with Crippen molar-refractivity contribution in [2.75, 3.05) is 7.11 Å². The van der Waals surface area contributed by atoms with Crippen LogP contribution in [0.5, 0.6) is 0 Å². The standard InChI is InChI=1S/C31H23N3O6/c1-40-31(39)23-13-12-22-16-25(32-24(22)17-23)30-33-28(20-8-2-18(3-9-20)6-14-26(35)36)29(34-30)21-10-4-19(5-11-21)7-15-27(37)38/h2-17,32H,1H3,(H,33,34)(H,35,36)(H,37,38). The number of rotatable bonds is 8. The first-order valence-electron chi connectivity index (χ1n) is 12.1. The highest BCUT2D eigenvalue weighted by Crippen LogP contribution is 2.34. The average Bonchev–Trinajstić information content (AvgIpc) is 3.59. The summed E-state index contributed by atoms with van der Waals surface area (Å²) in [7, 11) is 1.34. The molecule has 0 radical (unpaired) electrons. The minimum absolute atomic E-state index is 0.427. The molecule has 3 aromatic carbocycles. The normalized spacial score (nSPS) is 11.4. The molecular weight excluding hydrogens is 510 g/mol. The van der Waals surface area contributed by atoms with Crippen molar-refractivity contribution in [3.8, 4) is 34.0 Å². The van der Waals surface area contributed by atoms with Crippen LogP contribution in [0.1, 0.15) is 21.5 Å². The van der Waals surface area contributed by atoms with Crippen LogP contribution in [0.15, 0.2) is 84.9 Å². The second-order valence-corrected chi connectivity index (χ2v) is 8.87. The fourth-order valence-electron chi connectivity index (χ4n) is 4.27. The summed E-state index contributed by atoms with van der Waals surface area (Å²) in [6, 6.07) is 21.9. The van der Waals surface area contributed by atoms with Gasteiger partial charge in [0.25, 0.3) is 0 Å². The first-order valence-corrected chi connectivity index (χ1v) is 12.1. The van der Waals surface area contributed by atoms with Gasteiger partial charge in [-0.15, -0.1) is 0 Å². The Kier molecular flexibility index (Phi) is 7.10. The minimum atomic E-state index is -1.03. The zero-order valence-corrected chi connectivity index (χ0v) is 21.2. The van der Waals surface area contributed by atoms with Gasteiger partial charge >= 0.3 is 17.9 Å². The monoisotopic (exact) mass is 533 g/mol. The van der Waals surface area contributed by atoms with Gasteiger partial charge in [-0.3, -0.25) is 0 Å². The molecule has 0 fully saturated rings. The molecule has 0 aliphatic rings. The van der Waals surface area contributed by atoms with Gasteiger partial charge in [0.15, 0.2) is 5.82 Å². The van der Waals surface area contributed by atoms with E-state index in [2.05, 4.69) is 9.97 Å². The first-order chi connectivity index (χ1) is 19.3. The van der Waals surface area contributed by atoms with Gasteiger partial charge in [-0.05, 0) is 41.5 Å². The first kappa shape index (κ1) is 25.9. The lowest BCUT2D eigenvalue weighted by molar-refractivity contribution is -0.132. The number of aromatic nitrogens is 3. The molecule has 5 rings (SSSR count). The Morgan fingerprint density at radius 3 is 1.95 bits per heavy atom. The van der Waals surface area contributed by atoms with Crippen molar-refractivity contribution in [3.05, 3.63) is 102 Å². The molecule has 4 N–H and O–H groups in total. The fourth-order valence-corrected chi connectivity index (χ4v) is 4.27. The van der Waals surface area contributed by atoms with Crippen molar-refractivity contribution in [2.45, 2.75) is 0 Å². The van der Waals surface area contributed by atoms with Gasteiger partial charge in [-0.25, -0.2) is 19.4 Å². The van der Waals surface area contributed by atoms with E-state index in [4.69, 9.17) is 19.9 Å². The molecule has 9 nitrogen and oxygen atoms in total. The number of carboxylic acid groups (broad SMARTS) is 2. The number of nitrogens with zero attached hydrogens (tertiary/aromatic N) is 1. The van der Waals surface area contributed by atoms with Crippen LogP contribution in [0.3, 0.4) is 0 Å². The molecule has 0 spiro atoms. The van der Waals surface area contributed by atoms with Crippen LogP contribution in [0.4, 0.5) is 0 Å². The molecule has 0 unspecified atom stereocenters. The van der Waals surface area contributed by atoms with E-state index in [9.17, 15) is 14.4 Å².